The largest absolute Gasteiger partial charge is 0.469 e. The van der Waals surface area contributed by atoms with Gasteiger partial charge >= 0.3 is 5.97 Å². The number of rotatable bonds is 5. The van der Waals surface area contributed by atoms with Crippen LogP contribution in [-0.4, -0.2) is 61.7 Å². The van der Waals surface area contributed by atoms with Crippen molar-refractivity contribution in [1.29, 1.82) is 0 Å². The Bertz CT molecular complexity index is 1110. The summed E-state index contributed by atoms with van der Waals surface area (Å²) in [5.41, 5.74) is 2.33. The van der Waals surface area contributed by atoms with Gasteiger partial charge in [-0.15, -0.1) is 0 Å². The number of aromatic nitrogens is 1. The summed E-state index contributed by atoms with van der Waals surface area (Å²) in [6, 6.07) is 8.31. The topological polar surface area (TPSA) is 72.0 Å². The molecule has 1 saturated heterocycles. The van der Waals surface area contributed by atoms with Crippen LogP contribution in [0, 0.1) is 11.7 Å². The Morgan fingerprint density at radius 1 is 1.24 bits per heavy atom. The lowest BCUT2D eigenvalue weighted by molar-refractivity contribution is -0.143. The van der Waals surface area contributed by atoms with E-state index in [1.54, 1.807) is 30.2 Å². The Morgan fingerprint density at radius 2 is 2.00 bits per heavy atom. The fourth-order valence-electron chi connectivity index (χ4n) is 4.83. The molecule has 1 fully saturated rings. The summed E-state index contributed by atoms with van der Waals surface area (Å²) in [6.45, 7) is 5.60. The number of nitrogens with zero attached hydrogens (tertiary/aromatic N) is 3. The van der Waals surface area contributed by atoms with Crippen molar-refractivity contribution >= 4 is 34.9 Å². The maximum absolute atomic E-state index is 14.1. The molecule has 4 rings (SSSR count). The monoisotopic (exact) mass is 489 g/mol. The molecule has 0 unspecified atom stereocenters. The summed E-state index contributed by atoms with van der Waals surface area (Å²) < 4.78 is 24.5. The third kappa shape index (κ3) is 4.61. The maximum atomic E-state index is 14.1. The predicted molar refractivity (Wildman–Crippen MR) is 127 cm³/mol. The first kappa shape index (κ1) is 24.4. The average Bonchev–Trinajstić information content (AvgIpc) is 3.10. The number of amides is 1. The number of piperidine rings is 1. The lowest BCUT2D eigenvalue weighted by Gasteiger charge is -2.37. The molecule has 0 N–H and O–H groups in total. The molecule has 0 radical (unpaired) electrons. The van der Waals surface area contributed by atoms with Gasteiger partial charge in [0.05, 0.1) is 36.0 Å². The van der Waals surface area contributed by atoms with Crippen LogP contribution in [0.15, 0.2) is 30.3 Å². The van der Waals surface area contributed by atoms with Crippen molar-refractivity contribution in [3.63, 3.8) is 0 Å². The number of esters is 1. The number of hydrogen-bond acceptors (Lipinski definition) is 6. The number of carbonyl (C=O) groups is 2. The Hall–Kier alpha value is -2.71. The average molecular weight is 490 g/mol. The van der Waals surface area contributed by atoms with Crippen LogP contribution in [0.2, 0.25) is 5.02 Å². The lowest BCUT2D eigenvalue weighted by Crippen LogP contribution is -2.48. The molecular formula is C25H29ClFN3O4. The Labute approximate surface area is 203 Å². The highest BCUT2D eigenvalue weighted by Gasteiger charge is 2.39. The molecule has 0 spiro atoms. The van der Waals surface area contributed by atoms with Gasteiger partial charge < -0.3 is 19.3 Å². The van der Waals surface area contributed by atoms with E-state index in [2.05, 4.69) is 13.8 Å². The minimum atomic E-state index is -0.478. The minimum absolute atomic E-state index is 0.00161. The highest BCUT2D eigenvalue weighted by atomic mass is 35.5. The van der Waals surface area contributed by atoms with Gasteiger partial charge in [-0.1, -0.05) is 25.4 Å². The van der Waals surface area contributed by atoms with Crippen LogP contribution in [0.4, 0.5) is 15.8 Å². The second-order valence-electron chi connectivity index (χ2n) is 9.49. The zero-order chi connectivity index (χ0) is 24.6. The molecule has 7 nitrogen and oxygen atoms in total. The number of carbonyl (C=O) groups excluding carboxylic acids is 2. The van der Waals surface area contributed by atoms with E-state index in [9.17, 15) is 14.0 Å². The van der Waals surface area contributed by atoms with Crippen molar-refractivity contribution in [3.8, 4) is 0 Å². The summed E-state index contributed by atoms with van der Waals surface area (Å²) in [5, 5.41) is 0.0752. The smallest absolute Gasteiger partial charge is 0.305 e. The molecule has 9 heteroatoms. The number of likely N-dealkylation sites (tertiary alicyclic amines) is 1. The molecule has 2 aromatic rings. The quantitative estimate of drug-likeness (QED) is 0.582. The third-order valence-electron chi connectivity index (χ3n) is 6.74. The Balaban J connectivity index is 1.56. The highest BCUT2D eigenvalue weighted by Crippen LogP contribution is 2.43. The summed E-state index contributed by atoms with van der Waals surface area (Å²) in [6.07, 6.45) is 0.660. The van der Waals surface area contributed by atoms with E-state index in [0.717, 1.165) is 11.4 Å². The number of hydrogen-bond donors (Lipinski definition) is 0. The first-order chi connectivity index (χ1) is 16.1. The maximum Gasteiger partial charge on any atom is 0.305 e. The van der Waals surface area contributed by atoms with Crippen molar-refractivity contribution in [3.05, 3.63) is 52.6 Å². The molecule has 34 heavy (non-hydrogen) atoms. The van der Waals surface area contributed by atoms with Crippen molar-refractivity contribution in [2.75, 3.05) is 38.8 Å². The normalized spacial score (nSPS) is 21.4. The number of anilines is 2. The van der Waals surface area contributed by atoms with Crippen molar-refractivity contribution < 1.29 is 23.5 Å². The van der Waals surface area contributed by atoms with E-state index < -0.39 is 5.82 Å². The molecule has 2 atom stereocenters. The number of methoxy groups -OCH3 is 2. The molecule has 182 valence electrons. The van der Waals surface area contributed by atoms with Crippen LogP contribution in [0.3, 0.4) is 0 Å². The first-order valence-corrected chi connectivity index (χ1v) is 11.7. The number of benzene rings is 1. The van der Waals surface area contributed by atoms with Gasteiger partial charge in [0.2, 0.25) is 0 Å². The van der Waals surface area contributed by atoms with E-state index in [0.29, 0.717) is 37.4 Å². The second kappa shape index (κ2) is 9.50. The molecule has 0 saturated carbocycles. The van der Waals surface area contributed by atoms with E-state index in [-0.39, 0.29) is 40.8 Å². The van der Waals surface area contributed by atoms with E-state index in [4.69, 9.17) is 26.1 Å². The van der Waals surface area contributed by atoms with Gasteiger partial charge in [-0.25, -0.2) is 9.37 Å². The Morgan fingerprint density at radius 3 is 2.68 bits per heavy atom. The molecule has 1 aromatic carbocycles. The molecule has 0 bridgehead atoms. The van der Waals surface area contributed by atoms with Crippen LogP contribution < -0.4 is 4.90 Å². The molecule has 3 heterocycles. The van der Waals surface area contributed by atoms with Crippen molar-refractivity contribution in [2.24, 2.45) is 5.92 Å². The lowest BCUT2D eigenvalue weighted by atomic mass is 9.90. The zero-order valence-corrected chi connectivity index (χ0v) is 20.6. The van der Waals surface area contributed by atoms with Gasteiger partial charge in [-0.3, -0.25) is 9.59 Å². The van der Waals surface area contributed by atoms with Gasteiger partial charge in [0.25, 0.3) is 5.91 Å². The fourth-order valence-corrected chi connectivity index (χ4v) is 4.95. The van der Waals surface area contributed by atoms with Crippen molar-refractivity contribution in [2.45, 2.75) is 38.2 Å². The number of fused-ring (bicyclic) bond motifs is 1. The van der Waals surface area contributed by atoms with E-state index in [1.807, 2.05) is 11.0 Å². The molecular weight excluding hydrogens is 461 g/mol. The van der Waals surface area contributed by atoms with Crippen molar-refractivity contribution in [1.82, 2.24) is 9.88 Å². The van der Waals surface area contributed by atoms with Gasteiger partial charge in [0, 0.05) is 37.8 Å². The summed E-state index contributed by atoms with van der Waals surface area (Å²) in [7, 11) is 2.96. The third-order valence-corrected chi connectivity index (χ3v) is 7.04. The molecule has 2 aliphatic heterocycles. The SMILES string of the molecule is COC(=O)C[C@H]1CCN(C(=O)c2ccc3c(n2)C(C)(C)CN3c2ccc(Cl)c(F)c2)C[C@H]1OC. The number of ether oxygens (including phenoxy) is 2. The van der Waals surface area contributed by atoms with E-state index >= 15 is 0 Å². The highest BCUT2D eigenvalue weighted by molar-refractivity contribution is 6.30. The van der Waals surface area contributed by atoms with Crippen LogP contribution in [0.5, 0.6) is 0 Å². The molecule has 1 amide bonds. The predicted octanol–water partition coefficient (Wildman–Crippen LogP) is 4.34. The van der Waals surface area contributed by atoms with Crippen LogP contribution in [0.25, 0.3) is 0 Å². The fraction of sp³-hybridized carbons (Fsp3) is 0.480. The molecule has 2 aliphatic rings. The second-order valence-corrected chi connectivity index (χ2v) is 9.89. The summed E-state index contributed by atoms with van der Waals surface area (Å²) >= 11 is 5.86. The summed E-state index contributed by atoms with van der Waals surface area (Å²) in [4.78, 5) is 33.5. The first-order valence-electron chi connectivity index (χ1n) is 11.3. The van der Waals surface area contributed by atoms with E-state index in [1.165, 1.54) is 13.2 Å². The van der Waals surface area contributed by atoms with Gasteiger partial charge in [0.1, 0.15) is 11.5 Å². The van der Waals surface area contributed by atoms with Crippen LogP contribution in [0.1, 0.15) is 42.9 Å². The number of halogens is 2. The summed E-state index contributed by atoms with van der Waals surface area (Å²) in [5.74, 6) is -0.928. The van der Waals surface area contributed by atoms with Crippen LogP contribution >= 0.6 is 11.6 Å². The van der Waals surface area contributed by atoms with Crippen LogP contribution in [-0.2, 0) is 19.7 Å². The van der Waals surface area contributed by atoms with Gasteiger partial charge in [-0.2, -0.15) is 0 Å². The number of pyridine rings is 1. The Kier molecular flexibility index (Phi) is 6.82. The van der Waals surface area contributed by atoms with Gasteiger partial charge in [-0.05, 0) is 42.7 Å². The van der Waals surface area contributed by atoms with Gasteiger partial charge in [0.15, 0.2) is 0 Å². The minimum Gasteiger partial charge on any atom is -0.469 e. The molecule has 1 aromatic heterocycles. The standard InChI is InChI=1S/C25H29ClFN3O4/c1-25(2)14-30(16-5-6-17(26)18(27)12-16)20-8-7-19(28-23(20)25)24(32)29-10-9-15(11-22(31)34-4)21(13-29)33-3/h5-8,12,15,21H,9-11,13-14H2,1-4H3/t15-,21-/m1/s1. The molecule has 0 aliphatic carbocycles. The zero-order valence-electron chi connectivity index (χ0n) is 19.8.